The van der Waals surface area contributed by atoms with Gasteiger partial charge in [-0.15, -0.1) is 16.4 Å². The lowest BCUT2D eigenvalue weighted by molar-refractivity contribution is -0.155. The number of aromatic nitrogens is 3. The van der Waals surface area contributed by atoms with Crippen LogP contribution in [0.4, 0.5) is 5.69 Å². The van der Waals surface area contributed by atoms with E-state index < -0.39 is 17.9 Å². The minimum atomic E-state index is -0.582. The number of nitrogens with zero attached hydrogens (tertiary/aromatic N) is 4. The summed E-state index contributed by atoms with van der Waals surface area (Å²) in [5.41, 5.74) is 1.92. The van der Waals surface area contributed by atoms with Crippen LogP contribution in [0.2, 0.25) is 0 Å². The van der Waals surface area contributed by atoms with E-state index in [1.165, 1.54) is 11.3 Å². The Labute approximate surface area is 199 Å². The second-order valence-electron chi connectivity index (χ2n) is 8.21. The fourth-order valence-corrected chi connectivity index (χ4v) is 5.15. The molecule has 0 radical (unpaired) electrons. The van der Waals surface area contributed by atoms with Gasteiger partial charge in [-0.1, -0.05) is 41.1 Å². The first kappa shape index (κ1) is 22.0. The van der Waals surface area contributed by atoms with Crippen molar-refractivity contribution in [2.75, 3.05) is 4.90 Å². The Morgan fingerprint density at radius 3 is 2.65 bits per heavy atom. The zero-order valence-corrected chi connectivity index (χ0v) is 19.3. The van der Waals surface area contributed by atoms with E-state index in [0.29, 0.717) is 17.3 Å². The van der Waals surface area contributed by atoms with Crippen molar-refractivity contribution in [1.82, 2.24) is 15.0 Å². The van der Waals surface area contributed by atoms with Crippen molar-refractivity contribution in [2.24, 2.45) is 5.92 Å². The molecular weight excluding hydrogens is 452 g/mol. The molecule has 2 aromatic carbocycles. The monoisotopic (exact) mass is 474 g/mol. The lowest BCUT2D eigenvalue weighted by Crippen LogP contribution is -2.46. The van der Waals surface area contributed by atoms with E-state index >= 15 is 0 Å². The molecule has 34 heavy (non-hydrogen) atoms. The number of anilines is 1. The van der Waals surface area contributed by atoms with Gasteiger partial charge in [0.05, 0.1) is 17.3 Å². The van der Waals surface area contributed by atoms with E-state index in [9.17, 15) is 14.4 Å². The molecule has 5 rings (SSSR count). The maximum Gasteiger partial charge on any atom is 0.313 e. The molecule has 1 aliphatic heterocycles. The molecule has 0 saturated carbocycles. The van der Waals surface area contributed by atoms with Gasteiger partial charge in [-0.05, 0) is 49.1 Å². The number of esters is 1. The molecule has 1 fully saturated rings. The van der Waals surface area contributed by atoms with E-state index in [-0.39, 0.29) is 24.6 Å². The Morgan fingerprint density at radius 1 is 1.09 bits per heavy atom. The van der Waals surface area contributed by atoms with Crippen LogP contribution in [0.1, 0.15) is 29.3 Å². The molecule has 1 amide bonds. The topological polar surface area (TPSA) is 94.4 Å². The number of carbonyl (C=O) groups excluding carboxylic acids is 2. The number of thiophene rings is 1. The van der Waals surface area contributed by atoms with Gasteiger partial charge in [0.15, 0.2) is 6.73 Å². The molecule has 0 unspecified atom stereocenters. The van der Waals surface area contributed by atoms with E-state index in [4.69, 9.17) is 4.74 Å². The summed E-state index contributed by atoms with van der Waals surface area (Å²) in [6, 6.07) is 17.9. The molecule has 4 aromatic rings. The maximum absolute atomic E-state index is 13.3. The minimum Gasteiger partial charge on any atom is -0.442 e. The smallest absolute Gasteiger partial charge is 0.313 e. The first-order valence-electron chi connectivity index (χ1n) is 10.9. The number of carbonyl (C=O) groups is 2. The Bertz CT molecular complexity index is 1400. The lowest BCUT2D eigenvalue weighted by atomic mass is 9.87. The number of benzene rings is 2. The second-order valence-corrected chi connectivity index (χ2v) is 9.19. The summed E-state index contributed by atoms with van der Waals surface area (Å²) >= 11 is 1.49. The summed E-state index contributed by atoms with van der Waals surface area (Å²) in [4.78, 5) is 41.6. The largest absolute Gasteiger partial charge is 0.442 e. The molecule has 0 spiro atoms. The quantitative estimate of drug-likeness (QED) is 0.408. The number of rotatable bonds is 5. The van der Waals surface area contributed by atoms with Crippen molar-refractivity contribution in [3.63, 3.8) is 0 Å². The molecule has 1 saturated heterocycles. The van der Waals surface area contributed by atoms with Crippen molar-refractivity contribution in [1.29, 1.82) is 0 Å². The van der Waals surface area contributed by atoms with Crippen molar-refractivity contribution >= 4 is 39.8 Å². The number of ether oxygens (including phenoxy) is 1. The third-order valence-electron chi connectivity index (χ3n) is 6.01. The van der Waals surface area contributed by atoms with Crippen LogP contribution >= 0.6 is 11.3 Å². The zero-order chi connectivity index (χ0) is 23.7. The average Bonchev–Trinajstić information content (AvgIpc) is 3.39. The molecule has 2 aromatic heterocycles. The molecule has 0 N–H and O–H groups in total. The van der Waals surface area contributed by atoms with Crippen LogP contribution in [0.5, 0.6) is 0 Å². The molecule has 172 valence electrons. The molecule has 1 aliphatic rings. The predicted molar refractivity (Wildman–Crippen MR) is 128 cm³/mol. The molecule has 8 nitrogen and oxygen atoms in total. The van der Waals surface area contributed by atoms with Gasteiger partial charge >= 0.3 is 5.97 Å². The fourth-order valence-electron chi connectivity index (χ4n) is 4.27. The van der Waals surface area contributed by atoms with Gasteiger partial charge in [-0.25, -0.2) is 0 Å². The van der Waals surface area contributed by atoms with Crippen LogP contribution in [0.3, 0.4) is 0 Å². The first-order chi connectivity index (χ1) is 16.5. The van der Waals surface area contributed by atoms with Gasteiger partial charge in [-0.3, -0.25) is 14.4 Å². The average molecular weight is 475 g/mol. The normalized spacial score (nSPS) is 18.3. The highest BCUT2D eigenvalue weighted by molar-refractivity contribution is 7.10. The minimum absolute atomic E-state index is 0.0390. The Hall–Kier alpha value is -3.85. The maximum atomic E-state index is 13.3. The standard InChI is InChI=1S/C25H22N4O4S/c1-16-8-10-17(11-9-16)29-22(30)13-12-19(23(29)21-7-4-14-34-21)25(32)33-15-28-24(31)18-5-2-3-6-20(18)26-27-28/h2-11,14,19,23H,12-13,15H2,1H3/t19-,23-/m1/s1. The summed E-state index contributed by atoms with van der Waals surface area (Å²) < 4.78 is 6.59. The first-order valence-corrected chi connectivity index (χ1v) is 11.8. The number of fused-ring (bicyclic) bond motifs is 1. The van der Waals surface area contributed by atoms with Crippen molar-refractivity contribution in [2.45, 2.75) is 32.5 Å². The van der Waals surface area contributed by atoms with Crippen molar-refractivity contribution in [3.8, 4) is 0 Å². The zero-order valence-electron chi connectivity index (χ0n) is 18.5. The summed E-state index contributed by atoms with van der Waals surface area (Å²) in [6.45, 7) is 1.64. The van der Waals surface area contributed by atoms with Gasteiger partial charge in [0.1, 0.15) is 5.52 Å². The van der Waals surface area contributed by atoms with E-state index in [1.807, 2.05) is 48.7 Å². The molecule has 0 bridgehead atoms. The van der Waals surface area contributed by atoms with E-state index in [1.54, 1.807) is 29.2 Å². The summed E-state index contributed by atoms with van der Waals surface area (Å²) in [5.74, 6) is -1.10. The Kier molecular flexibility index (Phi) is 5.93. The number of hydrogen-bond donors (Lipinski definition) is 0. The molecule has 2 atom stereocenters. The highest BCUT2D eigenvalue weighted by Gasteiger charge is 2.42. The predicted octanol–water partition coefficient (Wildman–Crippen LogP) is 3.85. The van der Waals surface area contributed by atoms with Crippen LogP contribution < -0.4 is 10.5 Å². The SMILES string of the molecule is Cc1ccc(N2C(=O)CC[C@@H](C(=O)OCn3nnc4ccccc4c3=O)[C@@H]2c2cccs2)cc1. The number of piperidine rings is 1. The lowest BCUT2D eigenvalue weighted by Gasteiger charge is -2.39. The number of amides is 1. The highest BCUT2D eigenvalue weighted by Crippen LogP contribution is 2.42. The molecular formula is C25H22N4O4S. The highest BCUT2D eigenvalue weighted by atomic mass is 32.1. The van der Waals surface area contributed by atoms with Crippen LogP contribution in [-0.4, -0.2) is 26.9 Å². The van der Waals surface area contributed by atoms with Crippen LogP contribution in [0.15, 0.2) is 70.8 Å². The third-order valence-corrected chi connectivity index (χ3v) is 6.95. The Balaban J connectivity index is 1.43. The van der Waals surface area contributed by atoms with Crippen LogP contribution in [-0.2, 0) is 21.1 Å². The summed E-state index contributed by atoms with van der Waals surface area (Å²) in [7, 11) is 0. The van der Waals surface area contributed by atoms with Gasteiger partial charge < -0.3 is 9.64 Å². The number of hydrogen-bond acceptors (Lipinski definition) is 7. The van der Waals surface area contributed by atoms with Gasteiger partial charge in [0, 0.05) is 17.0 Å². The summed E-state index contributed by atoms with van der Waals surface area (Å²) in [5, 5.41) is 10.2. The molecule has 9 heteroatoms. The van der Waals surface area contributed by atoms with Crippen molar-refractivity contribution < 1.29 is 14.3 Å². The van der Waals surface area contributed by atoms with E-state index in [2.05, 4.69) is 10.3 Å². The van der Waals surface area contributed by atoms with Crippen molar-refractivity contribution in [3.05, 3.63) is 86.8 Å². The van der Waals surface area contributed by atoms with Crippen LogP contribution in [0.25, 0.3) is 10.9 Å². The van der Waals surface area contributed by atoms with Crippen LogP contribution in [0, 0.1) is 12.8 Å². The van der Waals surface area contributed by atoms with Gasteiger partial charge in [0.2, 0.25) is 5.91 Å². The van der Waals surface area contributed by atoms with Gasteiger partial charge in [-0.2, -0.15) is 4.68 Å². The molecule has 3 heterocycles. The second kappa shape index (κ2) is 9.18. The molecule has 0 aliphatic carbocycles. The van der Waals surface area contributed by atoms with Gasteiger partial charge in [0.25, 0.3) is 5.56 Å². The fraction of sp³-hybridized carbons (Fsp3) is 0.240. The summed E-state index contributed by atoms with van der Waals surface area (Å²) in [6.07, 6.45) is 0.589. The van der Waals surface area contributed by atoms with E-state index in [0.717, 1.165) is 20.8 Å². The Morgan fingerprint density at radius 2 is 1.88 bits per heavy atom. The third kappa shape index (κ3) is 4.10. The number of aryl methyl sites for hydroxylation is 1.